The molecule has 1 heterocycles. The average Bonchev–Trinajstić information content (AvgIpc) is 2.49. The topological polar surface area (TPSA) is 63.8 Å². The Bertz CT molecular complexity index is 710. The van der Waals surface area contributed by atoms with Gasteiger partial charge in [0, 0.05) is 17.5 Å². The lowest BCUT2D eigenvalue weighted by Crippen LogP contribution is -2.08. The number of aromatic nitrogens is 2. The minimum absolute atomic E-state index is 0.545. The van der Waals surface area contributed by atoms with E-state index < -0.39 is 0 Å². The number of hydrogen-bond donors (Lipinski definition) is 2. The van der Waals surface area contributed by atoms with Gasteiger partial charge in [0.15, 0.2) is 0 Å². The predicted molar refractivity (Wildman–Crippen MR) is 82.0 cm³/mol. The van der Waals surface area contributed by atoms with E-state index >= 15 is 0 Å². The van der Waals surface area contributed by atoms with Crippen LogP contribution in [0.3, 0.4) is 0 Å². The molecule has 0 spiro atoms. The van der Waals surface area contributed by atoms with Crippen LogP contribution >= 0.6 is 0 Å². The van der Waals surface area contributed by atoms with E-state index in [9.17, 15) is 0 Å². The summed E-state index contributed by atoms with van der Waals surface area (Å²) in [5.74, 6) is 1.59. The first-order chi connectivity index (χ1) is 9.86. The van der Waals surface area contributed by atoms with Crippen molar-refractivity contribution in [2.45, 2.75) is 6.42 Å². The third-order valence-electron chi connectivity index (χ3n) is 3.05. The van der Waals surface area contributed by atoms with Gasteiger partial charge in [-0.3, -0.25) is 0 Å². The summed E-state index contributed by atoms with van der Waals surface area (Å²) in [7, 11) is 0. The van der Waals surface area contributed by atoms with Crippen LogP contribution in [0.2, 0.25) is 0 Å². The van der Waals surface area contributed by atoms with Crippen LogP contribution in [0, 0.1) is 0 Å². The summed E-state index contributed by atoms with van der Waals surface area (Å²) in [5.41, 5.74) is 7.55. The van der Waals surface area contributed by atoms with Crippen LogP contribution in [0.1, 0.15) is 5.82 Å². The van der Waals surface area contributed by atoms with Crippen LogP contribution < -0.4 is 11.1 Å². The molecule has 20 heavy (non-hydrogen) atoms. The quantitative estimate of drug-likeness (QED) is 0.760. The lowest BCUT2D eigenvalue weighted by molar-refractivity contribution is 0.881. The largest absolute Gasteiger partial charge is 0.340 e. The molecule has 1 aromatic heterocycles. The zero-order chi connectivity index (χ0) is 13.8. The van der Waals surface area contributed by atoms with Gasteiger partial charge < -0.3 is 11.1 Å². The van der Waals surface area contributed by atoms with Gasteiger partial charge >= 0.3 is 0 Å². The zero-order valence-corrected chi connectivity index (χ0v) is 11.1. The van der Waals surface area contributed by atoms with Crippen LogP contribution in [0.15, 0.2) is 54.6 Å². The molecule has 0 radical (unpaired) electrons. The summed E-state index contributed by atoms with van der Waals surface area (Å²) in [6.45, 7) is 0.545. The highest BCUT2D eigenvalue weighted by Gasteiger charge is 2.07. The summed E-state index contributed by atoms with van der Waals surface area (Å²) in [4.78, 5) is 9.12. The van der Waals surface area contributed by atoms with Crippen LogP contribution in [-0.4, -0.2) is 16.5 Å². The van der Waals surface area contributed by atoms with Gasteiger partial charge in [-0.1, -0.05) is 30.3 Å². The fourth-order valence-electron chi connectivity index (χ4n) is 2.12. The first-order valence-corrected chi connectivity index (χ1v) is 6.64. The second kappa shape index (κ2) is 5.67. The summed E-state index contributed by atoms with van der Waals surface area (Å²) >= 11 is 0. The second-order valence-electron chi connectivity index (χ2n) is 4.54. The van der Waals surface area contributed by atoms with E-state index in [0.717, 1.165) is 28.2 Å². The third-order valence-corrected chi connectivity index (χ3v) is 3.05. The molecule has 0 saturated heterocycles. The van der Waals surface area contributed by atoms with E-state index in [-0.39, 0.29) is 0 Å². The fraction of sp³-hybridized carbons (Fsp3) is 0.125. The van der Waals surface area contributed by atoms with Crippen molar-refractivity contribution in [1.29, 1.82) is 0 Å². The molecule has 4 heteroatoms. The van der Waals surface area contributed by atoms with E-state index in [4.69, 9.17) is 5.73 Å². The lowest BCUT2D eigenvalue weighted by Gasteiger charge is -2.10. The molecule has 0 amide bonds. The molecule has 0 bridgehead atoms. The van der Waals surface area contributed by atoms with Gasteiger partial charge in [0.25, 0.3) is 0 Å². The molecule has 3 N–H and O–H groups in total. The highest BCUT2D eigenvalue weighted by molar-refractivity contribution is 5.90. The van der Waals surface area contributed by atoms with Gasteiger partial charge in [-0.2, -0.15) is 0 Å². The first kappa shape index (κ1) is 12.6. The van der Waals surface area contributed by atoms with Gasteiger partial charge in [0.1, 0.15) is 11.6 Å². The second-order valence-corrected chi connectivity index (χ2v) is 4.54. The Hall–Kier alpha value is -2.46. The molecule has 0 aliphatic carbocycles. The van der Waals surface area contributed by atoms with Crippen LogP contribution in [0.25, 0.3) is 10.9 Å². The molecule has 3 aromatic rings. The highest BCUT2D eigenvalue weighted by atomic mass is 15.0. The Morgan fingerprint density at radius 1 is 0.900 bits per heavy atom. The first-order valence-electron chi connectivity index (χ1n) is 6.64. The van der Waals surface area contributed by atoms with Gasteiger partial charge in [-0.25, -0.2) is 9.97 Å². The number of nitrogens with one attached hydrogen (secondary N) is 1. The summed E-state index contributed by atoms with van der Waals surface area (Å²) in [5, 5.41) is 4.37. The molecule has 4 nitrogen and oxygen atoms in total. The van der Waals surface area contributed by atoms with Crippen LogP contribution in [0.5, 0.6) is 0 Å². The van der Waals surface area contributed by atoms with Gasteiger partial charge in [-0.15, -0.1) is 0 Å². The summed E-state index contributed by atoms with van der Waals surface area (Å²) < 4.78 is 0. The average molecular weight is 264 g/mol. The number of hydrogen-bond acceptors (Lipinski definition) is 4. The molecular weight excluding hydrogens is 248 g/mol. The van der Waals surface area contributed by atoms with E-state index in [1.54, 1.807) is 0 Å². The number of fused-ring (bicyclic) bond motifs is 1. The SMILES string of the molecule is NCCc1nc(Nc2ccccc2)c2ccccc2n1. The number of anilines is 2. The molecule has 0 unspecified atom stereocenters. The molecule has 0 aliphatic rings. The van der Waals surface area contributed by atoms with Crippen molar-refractivity contribution in [2.75, 3.05) is 11.9 Å². The Morgan fingerprint density at radius 2 is 1.65 bits per heavy atom. The fourth-order valence-corrected chi connectivity index (χ4v) is 2.12. The maximum absolute atomic E-state index is 5.61. The molecule has 3 rings (SSSR count). The number of benzene rings is 2. The number of nitrogens with zero attached hydrogens (tertiary/aromatic N) is 2. The molecule has 0 saturated carbocycles. The molecule has 0 atom stereocenters. The van der Waals surface area contributed by atoms with Crippen LogP contribution in [0.4, 0.5) is 11.5 Å². The predicted octanol–water partition coefficient (Wildman–Crippen LogP) is 2.87. The van der Waals surface area contributed by atoms with Gasteiger partial charge in [-0.05, 0) is 30.8 Å². The van der Waals surface area contributed by atoms with E-state index in [0.29, 0.717) is 13.0 Å². The third kappa shape index (κ3) is 2.60. The number of nitrogens with two attached hydrogens (primary N) is 1. The van der Waals surface area contributed by atoms with Crippen molar-refractivity contribution >= 4 is 22.4 Å². The molecule has 0 fully saturated rings. The zero-order valence-electron chi connectivity index (χ0n) is 11.1. The number of para-hydroxylation sites is 2. The molecule has 0 aliphatic heterocycles. The highest BCUT2D eigenvalue weighted by Crippen LogP contribution is 2.23. The summed E-state index contributed by atoms with van der Waals surface area (Å²) in [6, 6.07) is 18.0. The minimum Gasteiger partial charge on any atom is -0.340 e. The van der Waals surface area contributed by atoms with Gasteiger partial charge in [0.2, 0.25) is 0 Å². The summed E-state index contributed by atoms with van der Waals surface area (Å²) in [6.07, 6.45) is 0.675. The molecule has 100 valence electrons. The Kier molecular flexibility index (Phi) is 3.56. The van der Waals surface area contributed by atoms with Crippen molar-refractivity contribution in [2.24, 2.45) is 5.73 Å². The monoisotopic (exact) mass is 264 g/mol. The standard InChI is InChI=1S/C16H16N4/c17-11-10-15-19-14-9-5-4-8-13(14)16(20-15)18-12-6-2-1-3-7-12/h1-9H,10-11,17H2,(H,18,19,20). The Labute approximate surface area is 117 Å². The van der Waals surface area contributed by atoms with E-state index in [2.05, 4.69) is 15.3 Å². The minimum atomic E-state index is 0.545. The normalized spacial score (nSPS) is 10.7. The lowest BCUT2D eigenvalue weighted by atomic mass is 10.2. The molecular formula is C16H16N4. The smallest absolute Gasteiger partial charge is 0.142 e. The van der Waals surface area contributed by atoms with Crippen LogP contribution in [-0.2, 0) is 6.42 Å². The van der Waals surface area contributed by atoms with Crippen molar-refractivity contribution < 1.29 is 0 Å². The Morgan fingerprint density at radius 3 is 2.45 bits per heavy atom. The van der Waals surface area contributed by atoms with Crippen molar-refractivity contribution in [3.63, 3.8) is 0 Å². The van der Waals surface area contributed by atoms with Crippen molar-refractivity contribution in [1.82, 2.24) is 9.97 Å². The van der Waals surface area contributed by atoms with Crippen molar-refractivity contribution in [3.05, 3.63) is 60.4 Å². The molecule has 2 aromatic carbocycles. The number of rotatable bonds is 4. The van der Waals surface area contributed by atoms with E-state index in [1.807, 2.05) is 54.6 Å². The van der Waals surface area contributed by atoms with Crippen molar-refractivity contribution in [3.8, 4) is 0 Å². The maximum atomic E-state index is 5.61. The maximum Gasteiger partial charge on any atom is 0.142 e. The Balaban J connectivity index is 2.07. The van der Waals surface area contributed by atoms with E-state index in [1.165, 1.54) is 0 Å². The van der Waals surface area contributed by atoms with Gasteiger partial charge in [0.05, 0.1) is 5.52 Å².